The molecule has 0 aliphatic carbocycles. The second kappa shape index (κ2) is 9.31. The zero-order valence-electron chi connectivity index (χ0n) is 19.4. The van der Waals surface area contributed by atoms with Crippen LogP contribution in [0.3, 0.4) is 0 Å². The summed E-state index contributed by atoms with van der Waals surface area (Å²) in [6.07, 6.45) is 4.48. The summed E-state index contributed by atoms with van der Waals surface area (Å²) in [7, 11) is 1.84. The predicted octanol–water partition coefficient (Wildman–Crippen LogP) is 2.50. The SMILES string of the molecule is Cc1c(-c2cc(=O)n(CC3(O)CCN(C(=O)C[C@@H](C)c4ccccc4)CC3)cn2)cnn1C. The van der Waals surface area contributed by atoms with E-state index in [0.717, 1.165) is 16.8 Å². The first-order valence-electron chi connectivity index (χ1n) is 11.4. The number of piperidine rings is 1. The van der Waals surface area contributed by atoms with E-state index in [-0.39, 0.29) is 23.9 Å². The Bertz CT molecular complexity index is 1180. The highest BCUT2D eigenvalue weighted by atomic mass is 16.3. The van der Waals surface area contributed by atoms with Crippen molar-refractivity contribution in [3.8, 4) is 11.3 Å². The van der Waals surface area contributed by atoms with Crippen molar-refractivity contribution in [3.63, 3.8) is 0 Å². The normalized spacial score (nSPS) is 16.5. The lowest BCUT2D eigenvalue weighted by Crippen LogP contribution is -2.49. The summed E-state index contributed by atoms with van der Waals surface area (Å²) in [5.41, 5.74) is 2.21. The Morgan fingerprint density at radius 3 is 2.52 bits per heavy atom. The first kappa shape index (κ1) is 22.9. The van der Waals surface area contributed by atoms with Gasteiger partial charge in [0.2, 0.25) is 5.91 Å². The Hall–Kier alpha value is -3.26. The lowest BCUT2D eigenvalue weighted by atomic mass is 9.90. The van der Waals surface area contributed by atoms with Crippen LogP contribution in [0, 0.1) is 6.92 Å². The maximum Gasteiger partial charge on any atom is 0.253 e. The van der Waals surface area contributed by atoms with Gasteiger partial charge in [-0.15, -0.1) is 0 Å². The second-order valence-corrected chi connectivity index (χ2v) is 9.13. The molecule has 1 saturated heterocycles. The van der Waals surface area contributed by atoms with E-state index >= 15 is 0 Å². The van der Waals surface area contributed by atoms with Crippen LogP contribution in [0.15, 0.2) is 53.7 Å². The van der Waals surface area contributed by atoms with Crippen molar-refractivity contribution < 1.29 is 9.90 Å². The number of hydrogen-bond acceptors (Lipinski definition) is 5. The van der Waals surface area contributed by atoms with Crippen molar-refractivity contribution in [2.45, 2.75) is 51.2 Å². The molecule has 3 aromatic rings. The van der Waals surface area contributed by atoms with E-state index in [0.29, 0.717) is 38.0 Å². The van der Waals surface area contributed by atoms with E-state index in [1.54, 1.807) is 10.9 Å². The zero-order valence-corrected chi connectivity index (χ0v) is 19.4. The lowest BCUT2D eigenvalue weighted by Gasteiger charge is -2.38. The summed E-state index contributed by atoms with van der Waals surface area (Å²) < 4.78 is 3.19. The monoisotopic (exact) mass is 449 g/mol. The van der Waals surface area contributed by atoms with Crippen molar-refractivity contribution in [1.82, 2.24) is 24.2 Å². The van der Waals surface area contributed by atoms with Gasteiger partial charge in [0.25, 0.3) is 5.56 Å². The lowest BCUT2D eigenvalue weighted by molar-refractivity contribution is -0.136. The molecule has 1 aliphatic rings. The fraction of sp³-hybridized carbons (Fsp3) is 0.440. The first-order chi connectivity index (χ1) is 15.8. The molecule has 3 heterocycles. The van der Waals surface area contributed by atoms with Gasteiger partial charge in [-0.1, -0.05) is 37.3 Å². The van der Waals surface area contributed by atoms with Crippen LogP contribution in [0.5, 0.6) is 0 Å². The molecule has 1 amide bonds. The van der Waals surface area contributed by atoms with E-state index in [2.05, 4.69) is 17.0 Å². The number of aliphatic hydroxyl groups is 1. The van der Waals surface area contributed by atoms with Crippen molar-refractivity contribution in [3.05, 3.63) is 70.5 Å². The van der Waals surface area contributed by atoms with Gasteiger partial charge in [0.15, 0.2) is 0 Å². The zero-order chi connectivity index (χ0) is 23.6. The van der Waals surface area contributed by atoms with Gasteiger partial charge in [-0.2, -0.15) is 5.10 Å². The Kier molecular flexibility index (Phi) is 6.47. The molecule has 33 heavy (non-hydrogen) atoms. The van der Waals surface area contributed by atoms with Crippen LogP contribution in [0.25, 0.3) is 11.3 Å². The second-order valence-electron chi connectivity index (χ2n) is 9.13. The largest absolute Gasteiger partial charge is 0.388 e. The summed E-state index contributed by atoms with van der Waals surface area (Å²) >= 11 is 0. The molecule has 0 bridgehead atoms. The molecular formula is C25H31N5O3. The number of carbonyl (C=O) groups is 1. The third-order valence-corrected chi connectivity index (χ3v) is 6.75. The summed E-state index contributed by atoms with van der Waals surface area (Å²) in [5.74, 6) is 0.245. The van der Waals surface area contributed by atoms with E-state index in [1.165, 1.54) is 17.0 Å². The number of hydrogen-bond donors (Lipinski definition) is 1. The van der Waals surface area contributed by atoms with E-state index in [9.17, 15) is 14.7 Å². The number of carbonyl (C=O) groups excluding carboxylic acids is 1. The van der Waals surface area contributed by atoms with E-state index < -0.39 is 5.60 Å². The van der Waals surface area contributed by atoms with Gasteiger partial charge in [0, 0.05) is 43.9 Å². The standard InChI is InChI=1S/C25H31N5O3/c1-18(20-7-5-4-6-8-20)13-23(31)29-11-9-25(33,10-12-29)16-30-17-26-22(14-24(30)32)21-15-27-28(3)19(21)2/h4-8,14-15,17-18,33H,9-13,16H2,1-3H3/t18-/m1/s1. The maximum atomic E-state index is 12.8. The molecule has 1 N–H and O–H groups in total. The van der Waals surface area contributed by atoms with Crippen LogP contribution < -0.4 is 5.56 Å². The molecule has 1 atom stereocenters. The van der Waals surface area contributed by atoms with Crippen LogP contribution in [0.1, 0.15) is 43.4 Å². The Morgan fingerprint density at radius 2 is 1.91 bits per heavy atom. The number of nitrogens with zero attached hydrogens (tertiary/aromatic N) is 5. The summed E-state index contributed by atoms with van der Waals surface area (Å²) in [4.78, 5) is 31.7. The third-order valence-electron chi connectivity index (χ3n) is 6.75. The van der Waals surface area contributed by atoms with Crippen molar-refractivity contribution in [2.75, 3.05) is 13.1 Å². The van der Waals surface area contributed by atoms with E-state index in [1.807, 2.05) is 49.2 Å². The van der Waals surface area contributed by atoms with Gasteiger partial charge < -0.3 is 10.0 Å². The minimum Gasteiger partial charge on any atom is -0.388 e. The smallest absolute Gasteiger partial charge is 0.253 e. The first-order valence-corrected chi connectivity index (χ1v) is 11.4. The van der Waals surface area contributed by atoms with Crippen molar-refractivity contribution in [2.24, 2.45) is 7.05 Å². The van der Waals surface area contributed by atoms with Gasteiger partial charge in [0.05, 0.1) is 30.4 Å². The average molecular weight is 450 g/mol. The van der Waals surface area contributed by atoms with Crippen molar-refractivity contribution in [1.29, 1.82) is 0 Å². The number of amides is 1. The fourth-order valence-electron chi connectivity index (χ4n) is 4.38. The molecule has 0 radical (unpaired) electrons. The Balaban J connectivity index is 1.36. The molecule has 8 nitrogen and oxygen atoms in total. The molecule has 1 aromatic carbocycles. The van der Waals surface area contributed by atoms with Crippen LogP contribution in [0.2, 0.25) is 0 Å². The minimum atomic E-state index is -1.04. The van der Waals surface area contributed by atoms with Gasteiger partial charge in [-0.25, -0.2) is 4.98 Å². The molecule has 2 aromatic heterocycles. The highest BCUT2D eigenvalue weighted by Gasteiger charge is 2.35. The molecule has 8 heteroatoms. The molecule has 4 rings (SSSR count). The topological polar surface area (TPSA) is 93.2 Å². The average Bonchev–Trinajstić information content (AvgIpc) is 3.14. The quantitative estimate of drug-likeness (QED) is 0.624. The molecule has 174 valence electrons. The molecule has 1 aliphatic heterocycles. The number of benzene rings is 1. The number of likely N-dealkylation sites (tertiary alicyclic amines) is 1. The molecular weight excluding hydrogens is 418 g/mol. The number of aromatic nitrogens is 4. The highest BCUT2D eigenvalue weighted by Crippen LogP contribution is 2.26. The summed E-state index contributed by atoms with van der Waals surface area (Å²) in [5, 5.41) is 15.3. The van der Waals surface area contributed by atoms with Gasteiger partial charge >= 0.3 is 0 Å². The molecule has 1 fully saturated rings. The maximum absolute atomic E-state index is 12.8. The Labute approximate surface area is 193 Å². The molecule has 0 spiro atoms. The number of aryl methyl sites for hydroxylation is 1. The Morgan fingerprint density at radius 1 is 1.21 bits per heavy atom. The minimum absolute atomic E-state index is 0.100. The van der Waals surface area contributed by atoms with Gasteiger partial charge in [-0.3, -0.25) is 18.8 Å². The summed E-state index contributed by atoms with van der Waals surface area (Å²) in [6, 6.07) is 11.5. The fourth-order valence-corrected chi connectivity index (χ4v) is 4.38. The molecule has 0 unspecified atom stereocenters. The van der Waals surface area contributed by atoms with Crippen molar-refractivity contribution >= 4 is 5.91 Å². The predicted molar refractivity (Wildman–Crippen MR) is 126 cm³/mol. The van der Waals surface area contributed by atoms with E-state index in [4.69, 9.17) is 0 Å². The van der Waals surface area contributed by atoms with Crippen LogP contribution >= 0.6 is 0 Å². The van der Waals surface area contributed by atoms with Gasteiger partial charge in [-0.05, 0) is 31.2 Å². The third kappa shape index (κ3) is 5.06. The van der Waals surface area contributed by atoms with Crippen LogP contribution in [-0.4, -0.2) is 53.9 Å². The van der Waals surface area contributed by atoms with Gasteiger partial charge in [0.1, 0.15) is 0 Å². The highest BCUT2D eigenvalue weighted by molar-refractivity contribution is 5.77. The van der Waals surface area contributed by atoms with Crippen LogP contribution in [0.4, 0.5) is 0 Å². The molecule has 0 saturated carbocycles. The summed E-state index contributed by atoms with van der Waals surface area (Å²) in [6.45, 7) is 5.10. The van der Waals surface area contributed by atoms with Crippen LogP contribution in [-0.2, 0) is 18.4 Å². The number of rotatable bonds is 6.